The highest BCUT2D eigenvalue weighted by Gasteiger charge is 2.15. The summed E-state index contributed by atoms with van der Waals surface area (Å²) < 4.78 is 0. The van der Waals surface area contributed by atoms with E-state index in [1.165, 1.54) is 11.3 Å². The molecule has 0 bridgehead atoms. The molecule has 1 N–H and O–H groups in total. The van der Waals surface area contributed by atoms with Gasteiger partial charge < -0.3 is 10.2 Å². The van der Waals surface area contributed by atoms with Crippen molar-refractivity contribution in [1.29, 1.82) is 0 Å². The van der Waals surface area contributed by atoms with Crippen LogP contribution in [0.4, 0.5) is 5.69 Å². The molecule has 0 atom stereocenters. The van der Waals surface area contributed by atoms with Crippen molar-refractivity contribution in [2.24, 2.45) is 0 Å². The summed E-state index contributed by atoms with van der Waals surface area (Å²) in [6.45, 7) is 9.67. The summed E-state index contributed by atoms with van der Waals surface area (Å²) in [4.78, 5) is 2.38. The van der Waals surface area contributed by atoms with Gasteiger partial charge >= 0.3 is 0 Å². The van der Waals surface area contributed by atoms with Gasteiger partial charge in [-0.05, 0) is 36.6 Å². The van der Waals surface area contributed by atoms with Gasteiger partial charge in [-0.3, -0.25) is 0 Å². The Hall–Kier alpha value is -0.730. The monoisotopic (exact) mass is 282 g/mol. The molecule has 0 unspecified atom stereocenters. The Labute approximate surface area is 123 Å². The van der Waals surface area contributed by atoms with E-state index in [-0.39, 0.29) is 0 Å². The molecule has 108 valence electrons. The maximum absolute atomic E-state index is 6.14. The topological polar surface area (TPSA) is 15.3 Å². The van der Waals surface area contributed by atoms with Crippen molar-refractivity contribution in [3.63, 3.8) is 0 Å². The molecule has 2 nitrogen and oxygen atoms in total. The highest BCUT2D eigenvalue weighted by molar-refractivity contribution is 6.30. The van der Waals surface area contributed by atoms with Crippen LogP contribution in [0.25, 0.3) is 0 Å². The van der Waals surface area contributed by atoms with Gasteiger partial charge in [-0.1, -0.05) is 39.3 Å². The molecule has 0 saturated carbocycles. The van der Waals surface area contributed by atoms with E-state index < -0.39 is 0 Å². The highest BCUT2D eigenvalue weighted by atomic mass is 35.5. The molecule has 0 amide bonds. The van der Waals surface area contributed by atoms with Crippen LogP contribution in [0.1, 0.15) is 46.1 Å². The summed E-state index contributed by atoms with van der Waals surface area (Å²) in [5.74, 6) is 0. The maximum atomic E-state index is 6.14. The largest absolute Gasteiger partial charge is 0.371 e. The first-order valence-corrected chi connectivity index (χ1v) is 7.62. The van der Waals surface area contributed by atoms with Crippen LogP contribution in [0.3, 0.4) is 0 Å². The lowest BCUT2D eigenvalue weighted by molar-refractivity contribution is 0.573. The van der Waals surface area contributed by atoms with E-state index in [1.54, 1.807) is 0 Å². The lowest BCUT2D eigenvalue weighted by Crippen LogP contribution is -2.32. The van der Waals surface area contributed by atoms with Crippen LogP contribution in [-0.4, -0.2) is 19.1 Å². The molecule has 0 aliphatic rings. The molecule has 0 aromatic heterocycles. The second kappa shape index (κ2) is 7.76. The van der Waals surface area contributed by atoms with E-state index in [4.69, 9.17) is 11.6 Å². The Morgan fingerprint density at radius 2 is 1.84 bits per heavy atom. The Bertz CT molecular complexity index is 386. The molecule has 0 fully saturated rings. The fourth-order valence-corrected chi connectivity index (χ4v) is 2.58. The smallest absolute Gasteiger partial charge is 0.0412 e. The Balaban J connectivity index is 2.98. The van der Waals surface area contributed by atoms with Crippen LogP contribution >= 0.6 is 11.6 Å². The maximum Gasteiger partial charge on any atom is 0.0412 e. The molecule has 1 aromatic carbocycles. The third-order valence-electron chi connectivity index (χ3n) is 3.61. The van der Waals surface area contributed by atoms with E-state index in [2.05, 4.69) is 57.1 Å². The zero-order chi connectivity index (χ0) is 14.4. The molecule has 19 heavy (non-hydrogen) atoms. The molecule has 1 rings (SSSR count). The SMILES string of the molecule is CCC(CC)N(C)c1ccc(Cl)cc1CNC(C)C. The van der Waals surface area contributed by atoms with Crippen LogP contribution < -0.4 is 10.2 Å². The van der Waals surface area contributed by atoms with Gasteiger partial charge in [-0.25, -0.2) is 0 Å². The summed E-state index contributed by atoms with van der Waals surface area (Å²) >= 11 is 6.14. The fraction of sp³-hybridized carbons (Fsp3) is 0.625. The number of nitrogens with zero attached hydrogens (tertiary/aromatic N) is 1. The lowest BCUT2D eigenvalue weighted by atomic mass is 10.1. The van der Waals surface area contributed by atoms with Crippen LogP contribution in [-0.2, 0) is 6.54 Å². The predicted molar refractivity (Wildman–Crippen MR) is 86.2 cm³/mol. The van der Waals surface area contributed by atoms with Crippen LogP contribution in [0.15, 0.2) is 18.2 Å². The third-order valence-corrected chi connectivity index (χ3v) is 3.85. The van der Waals surface area contributed by atoms with Gasteiger partial charge in [-0.15, -0.1) is 0 Å². The Kier molecular flexibility index (Phi) is 6.67. The van der Waals surface area contributed by atoms with Crippen LogP contribution in [0, 0.1) is 0 Å². The van der Waals surface area contributed by atoms with Gasteiger partial charge in [-0.2, -0.15) is 0 Å². The second-order valence-corrected chi connectivity index (χ2v) is 5.83. The number of anilines is 1. The predicted octanol–water partition coefficient (Wildman–Crippen LogP) is 4.46. The van der Waals surface area contributed by atoms with Crippen molar-refractivity contribution in [2.45, 2.75) is 59.2 Å². The molecule has 0 aliphatic carbocycles. The normalized spacial score (nSPS) is 11.4. The lowest BCUT2D eigenvalue weighted by Gasteiger charge is -2.30. The van der Waals surface area contributed by atoms with Gasteiger partial charge in [0.15, 0.2) is 0 Å². The minimum absolute atomic E-state index is 0.477. The number of hydrogen-bond acceptors (Lipinski definition) is 2. The van der Waals surface area contributed by atoms with Gasteiger partial charge in [0.25, 0.3) is 0 Å². The van der Waals surface area contributed by atoms with E-state index in [0.29, 0.717) is 12.1 Å². The minimum Gasteiger partial charge on any atom is -0.371 e. The molecule has 0 spiro atoms. The molecular weight excluding hydrogens is 256 g/mol. The Morgan fingerprint density at radius 3 is 2.37 bits per heavy atom. The van der Waals surface area contributed by atoms with E-state index >= 15 is 0 Å². The quantitative estimate of drug-likeness (QED) is 0.794. The number of rotatable bonds is 7. The summed E-state index contributed by atoms with van der Waals surface area (Å²) in [7, 11) is 2.18. The first-order chi connectivity index (χ1) is 8.99. The molecule has 3 heteroatoms. The molecule has 0 saturated heterocycles. The molecule has 0 aliphatic heterocycles. The highest BCUT2D eigenvalue weighted by Crippen LogP contribution is 2.26. The fourth-order valence-electron chi connectivity index (χ4n) is 2.39. The average Bonchev–Trinajstić information content (AvgIpc) is 2.37. The number of benzene rings is 1. The zero-order valence-corrected chi connectivity index (χ0v) is 13.6. The van der Waals surface area contributed by atoms with Gasteiger partial charge in [0.1, 0.15) is 0 Å². The van der Waals surface area contributed by atoms with Crippen molar-refractivity contribution >= 4 is 17.3 Å². The summed E-state index contributed by atoms with van der Waals surface area (Å²) in [6, 6.07) is 7.25. The number of halogens is 1. The first-order valence-electron chi connectivity index (χ1n) is 7.24. The van der Waals surface area contributed by atoms with Crippen molar-refractivity contribution in [3.05, 3.63) is 28.8 Å². The Morgan fingerprint density at radius 1 is 1.21 bits per heavy atom. The van der Waals surface area contributed by atoms with Gasteiger partial charge in [0, 0.05) is 36.4 Å². The summed E-state index contributed by atoms with van der Waals surface area (Å²) in [6.07, 6.45) is 2.32. The second-order valence-electron chi connectivity index (χ2n) is 5.39. The zero-order valence-electron chi connectivity index (χ0n) is 12.8. The first kappa shape index (κ1) is 16.3. The average molecular weight is 283 g/mol. The van der Waals surface area contributed by atoms with Crippen molar-refractivity contribution < 1.29 is 0 Å². The van der Waals surface area contributed by atoms with E-state index in [1.807, 2.05) is 6.07 Å². The van der Waals surface area contributed by atoms with Gasteiger partial charge in [0.2, 0.25) is 0 Å². The van der Waals surface area contributed by atoms with Crippen molar-refractivity contribution in [3.8, 4) is 0 Å². The molecular formula is C16H27ClN2. The number of hydrogen-bond donors (Lipinski definition) is 1. The molecule has 0 heterocycles. The van der Waals surface area contributed by atoms with Crippen molar-refractivity contribution in [2.75, 3.05) is 11.9 Å². The van der Waals surface area contributed by atoms with Crippen molar-refractivity contribution in [1.82, 2.24) is 5.32 Å². The molecule has 0 radical (unpaired) electrons. The minimum atomic E-state index is 0.477. The molecule has 1 aromatic rings. The van der Waals surface area contributed by atoms with Gasteiger partial charge in [0.05, 0.1) is 0 Å². The summed E-state index contributed by atoms with van der Waals surface area (Å²) in [5.41, 5.74) is 2.56. The van der Waals surface area contributed by atoms with Crippen LogP contribution in [0.2, 0.25) is 5.02 Å². The standard InChI is InChI=1S/C16H27ClN2/c1-6-15(7-2)19(5)16-9-8-14(17)10-13(16)11-18-12(3)4/h8-10,12,15,18H,6-7,11H2,1-5H3. The van der Waals surface area contributed by atoms with E-state index in [9.17, 15) is 0 Å². The van der Waals surface area contributed by atoms with Crippen LogP contribution in [0.5, 0.6) is 0 Å². The third kappa shape index (κ3) is 4.70. The summed E-state index contributed by atoms with van der Waals surface area (Å²) in [5, 5.41) is 4.28. The number of nitrogens with one attached hydrogen (secondary N) is 1. The van der Waals surface area contributed by atoms with E-state index in [0.717, 1.165) is 24.4 Å².